The molecule has 1 fully saturated rings. The van der Waals surface area contributed by atoms with Crippen molar-refractivity contribution in [3.8, 4) is 22.5 Å². The lowest BCUT2D eigenvalue weighted by molar-refractivity contribution is 0.0141. The van der Waals surface area contributed by atoms with Crippen molar-refractivity contribution in [2.75, 3.05) is 31.5 Å². The summed E-state index contributed by atoms with van der Waals surface area (Å²) in [7, 11) is 0. The second-order valence-electron chi connectivity index (χ2n) is 10.7. The Balaban J connectivity index is 1.24. The van der Waals surface area contributed by atoms with Crippen molar-refractivity contribution in [2.45, 2.75) is 39.8 Å². The van der Waals surface area contributed by atoms with Gasteiger partial charge in [-0.05, 0) is 70.2 Å². The SMILES string of the molecule is CCn1cc(-c2ccnc(Nc3ccc(C(=O)N4CCN(C(=O)OC(C)(C)C)CC4)cc3)n2)c(-c2cccnc2)n1. The third-order valence-corrected chi connectivity index (χ3v) is 6.56. The molecule has 0 atom stereocenters. The van der Waals surface area contributed by atoms with Gasteiger partial charge >= 0.3 is 6.09 Å². The minimum absolute atomic E-state index is 0.0745. The quantitative estimate of drug-likeness (QED) is 0.359. The van der Waals surface area contributed by atoms with E-state index in [1.807, 2.05) is 68.9 Å². The number of amides is 2. The monoisotopic (exact) mass is 554 g/mol. The van der Waals surface area contributed by atoms with E-state index in [9.17, 15) is 9.59 Å². The lowest BCUT2D eigenvalue weighted by Crippen LogP contribution is -2.51. The number of carbonyl (C=O) groups is 2. The Kier molecular flexibility index (Phi) is 7.95. The first-order valence-corrected chi connectivity index (χ1v) is 13.7. The molecule has 0 saturated carbocycles. The number of pyridine rings is 1. The summed E-state index contributed by atoms with van der Waals surface area (Å²) < 4.78 is 7.32. The predicted molar refractivity (Wildman–Crippen MR) is 156 cm³/mol. The van der Waals surface area contributed by atoms with Gasteiger partial charge in [-0.2, -0.15) is 5.10 Å². The fraction of sp³-hybridized carbons (Fsp3) is 0.333. The van der Waals surface area contributed by atoms with Crippen LogP contribution in [0.2, 0.25) is 0 Å². The van der Waals surface area contributed by atoms with Crippen molar-refractivity contribution in [1.82, 2.24) is 34.5 Å². The van der Waals surface area contributed by atoms with E-state index in [2.05, 4.69) is 15.3 Å². The highest BCUT2D eigenvalue weighted by Gasteiger charge is 2.28. The lowest BCUT2D eigenvalue weighted by atomic mass is 10.1. The highest BCUT2D eigenvalue weighted by atomic mass is 16.6. The van der Waals surface area contributed by atoms with E-state index in [1.165, 1.54) is 0 Å². The van der Waals surface area contributed by atoms with Crippen molar-refractivity contribution in [1.29, 1.82) is 0 Å². The topological polar surface area (TPSA) is 118 Å². The second-order valence-corrected chi connectivity index (χ2v) is 10.7. The number of aromatic nitrogens is 5. The summed E-state index contributed by atoms with van der Waals surface area (Å²) in [6.45, 7) is 10.1. The number of benzene rings is 1. The van der Waals surface area contributed by atoms with Gasteiger partial charge in [0.1, 0.15) is 11.3 Å². The molecule has 4 aromatic rings. The van der Waals surface area contributed by atoms with Gasteiger partial charge in [0.05, 0.1) is 5.69 Å². The highest BCUT2D eigenvalue weighted by Crippen LogP contribution is 2.30. The minimum atomic E-state index is -0.548. The fourth-order valence-electron chi connectivity index (χ4n) is 4.48. The van der Waals surface area contributed by atoms with E-state index >= 15 is 0 Å². The van der Waals surface area contributed by atoms with Crippen molar-refractivity contribution in [2.24, 2.45) is 0 Å². The number of aryl methyl sites for hydroxylation is 1. The molecular formula is C30H34N8O3. The Bertz CT molecular complexity index is 1500. The normalized spacial score (nSPS) is 13.7. The molecular weight excluding hydrogens is 520 g/mol. The Hall–Kier alpha value is -4.80. The first-order chi connectivity index (χ1) is 19.7. The molecule has 11 nitrogen and oxygen atoms in total. The number of anilines is 2. The summed E-state index contributed by atoms with van der Waals surface area (Å²) in [4.78, 5) is 42.2. The van der Waals surface area contributed by atoms with Crippen molar-refractivity contribution < 1.29 is 14.3 Å². The highest BCUT2D eigenvalue weighted by molar-refractivity contribution is 5.94. The number of hydrogen-bond acceptors (Lipinski definition) is 8. The van der Waals surface area contributed by atoms with Gasteiger partial charge in [-0.1, -0.05) is 0 Å². The molecule has 3 aromatic heterocycles. The van der Waals surface area contributed by atoms with E-state index in [4.69, 9.17) is 14.8 Å². The van der Waals surface area contributed by atoms with Crippen molar-refractivity contribution in [3.05, 3.63) is 72.8 Å². The number of rotatable bonds is 6. The Morgan fingerprint density at radius 1 is 0.976 bits per heavy atom. The zero-order chi connectivity index (χ0) is 29.0. The summed E-state index contributed by atoms with van der Waals surface area (Å²) in [5.74, 6) is 0.357. The summed E-state index contributed by atoms with van der Waals surface area (Å²) in [5, 5.41) is 7.95. The number of ether oxygens (including phenoxy) is 1. The van der Waals surface area contributed by atoms with Gasteiger partial charge in [0, 0.05) is 79.9 Å². The Morgan fingerprint density at radius 2 is 1.71 bits per heavy atom. The summed E-state index contributed by atoms with van der Waals surface area (Å²) in [6, 6.07) is 12.9. The van der Waals surface area contributed by atoms with Crippen LogP contribution in [0, 0.1) is 0 Å². The molecule has 0 radical (unpaired) electrons. The molecule has 1 aliphatic heterocycles. The van der Waals surface area contributed by atoms with Crippen LogP contribution in [-0.2, 0) is 11.3 Å². The molecule has 1 aliphatic rings. The molecule has 41 heavy (non-hydrogen) atoms. The molecule has 0 spiro atoms. The van der Waals surface area contributed by atoms with Crippen LogP contribution >= 0.6 is 0 Å². The molecule has 4 heterocycles. The largest absolute Gasteiger partial charge is 0.444 e. The smallest absolute Gasteiger partial charge is 0.410 e. The standard InChI is InChI=1S/C30H34N8O3/c1-5-38-20-24(26(35-38)22-7-6-13-31-19-22)25-12-14-32-28(34-25)33-23-10-8-21(9-11-23)27(39)36-15-17-37(18-16-36)29(40)41-30(2,3)4/h6-14,19-20H,5,15-18H2,1-4H3,(H,32,33,34). The average Bonchev–Trinajstić information content (AvgIpc) is 3.42. The lowest BCUT2D eigenvalue weighted by Gasteiger charge is -2.35. The number of carbonyl (C=O) groups excluding carboxylic acids is 2. The van der Waals surface area contributed by atoms with Crippen LogP contribution < -0.4 is 5.32 Å². The molecule has 0 unspecified atom stereocenters. The van der Waals surface area contributed by atoms with Gasteiger partial charge in [-0.25, -0.2) is 14.8 Å². The Labute approximate surface area is 239 Å². The average molecular weight is 555 g/mol. The van der Waals surface area contributed by atoms with E-state index < -0.39 is 5.60 Å². The van der Waals surface area contributed by atoms with Crippen molar-refractivity contribution >= 4 is 23.6 Å². The van der Waals surface area contributed by atoms with Gasteiger partial charge in [0.2, 0.25) is 5.95 Å². The second kappa shape index (κ2) is 11.7. The van der Waals surface area contributed by atoms with E-state index in [-0.39, 0.29) is 12.0 Å². The molecule has 2 amide bonds. The predicted octanol–water partition coefficient (Wildman–Crippen LogP) is 4.86. The number of nitrogens with zero attached hydrogens (tertiary/aromatic N) is 7. The van der Waals surface area contributed by atoms with E-state index in [0.717, 1.165) is 34.7 Å². The first kappa shape index (κ1) is 27.8. The van der Waals surface area contributed by atoms with Gasteiger partial charge in [-0.3, -0.25) is 14.5 Å². The third kappa shape index (κ3) is 6.68. The van der Waals surface area contributed by atoms with Gasteiger partial charge in [0.15, 0.2) is 0 Å². The van der Waals surface area contributed by atoms with Crippen LogP contribution in [-0.4, -0.2) is 78.3 Å². The van der Waals surface area contributed by atoms with Crippen LogP contribution in [0.25, 0.3) is 22.5 Å². The molecule has 0 bridgehead atoms. The van der Waals surface area contributed by atoms with Crippen molar-refractivity contribution in [3.63, 3.8) is 0 Å². The maximum absolute atomic E-state index is 13.1. The molecule has 1 saturated heterocycles. The molecule has 0 aliphatic carbocycles. The maximum Gasteiger partial charge on any atom is 0.410 e. The maximum atomic E-state index is 13.1. The fourth-order valence-corrected chi connectivity index (χ4v) is 4.48. The number of hydrogen-bond donors (Lipinski definition) is 1. The molecule has 1 N–H and O–H groups in total. The summed E-state index contributed by atoms with van der Waals surface area (Å²) >= 11 is 0. The van der Waals surface area contributed by atoms with Crippen LogP contribution in [0.1, 0.15) is 38.1 Å². The molecule has 1 aromatic carbocycles. The molecule has 11 heteroatoms. The first-order valence-electron chi connectivity index (χ1n) is 13.7. The van der Waals surface area contributed by atoms with Crippen LogP contribution in [0.4, 0.5) is 16.4 Å². The van der Waals surface area contributed by atoms with Crippen LogP contribution in [0.15, 0.2) is 67.3 Å². The van der Waals surface area contributed by atoms with Gasteiger partial charge in [-0.15, -0.1) is 0 Å². The molecule has 212 valence electrons. The minimum Gasteiger partial charge on any atom is -0.444 e. The van der Waals surface area contributed by atoms with Gasteiger partial charge in [0.25, 0.3) is 5.91 Å². The third-order valence-electron chi connectivity index (χ3n) is 6.56. The van der Waals surface area contributed by atoms with Gasteiger partial charge < -0.3 is 19.9 Å². The van der Waals surface area contributed by atoms with E-state index in [1.54, 1.807) is 40.5 Å². The summed E-state index contributed by atoms with van der Waals surface area (Å²) in [6.07, 6.45) is 6.85. The van der Waals surface area contributed by atoms with E-state index in [0.29, 0.717) is 37.7 Å². The zero-order valence-corrected chi connectivity index (χ0v) is 23.7. The summed E-state index contributed by atoms with van der Waals surface area (Å²) in [5.41, 5.74) is 4.12. The number of nitrogens with one attached hydrogen (secondary N) is 1. The zero-order valence-electron chi connectivity index (χ0n) is 23.7. The van der Waals surface area contributed by atoms with Crippen LogP contribution in [0.5, 0.6) is 0 Å². The molecule has 5 rings (SSSR count). The van der Waals surface area contributed by atoms with Crippen LogP contribution in [0.3, 0.4) is 0 Å². The number of piperazine rings is 1. The Morgan fingerprint density at radius 3 is 2.37 bits per heavy atom.